The van der Waals surface area contributed by atoms with E-state index >= 15 is 0 Å². The summed E-state index contributed by atoms with van der Waals surface area (Å²) in [5.41, 5.74) is 5.17. The van der Waals surface area contributed by atoms with Crippen molar-refractivity contribution in [3.8, 4) is 0 Å². The molecular weight excluding hydrogens is 412 g/mol. The molecule has 2 N–H and O–H groups in total. The van der Waals surface area contributed by atoms with Crippen LogP contribution in [-0.4, -0.2) is 57.6 Å². The van der Waals surface area contributed by atoms with Crippen LogP contribution in [0.3, 0.4) is 0 Å². The average Bonchev–Trinajstić information content (AvgIpc) is 3.02. The van der Waals surface area contributed by atoms with Crippen molar-refractivity contribution in [2.24, 2.45) is 5.73 Å². The van der Waals surface area contributed by atoms with Gasteiger partial charge in [-0.25, -0.2) is 8.78 Å². The van der Waals surface area contributed by atoms with E-state index in [-0.39, 0.29) is 28.6 Å². The SMILES string of the molecule is CC1(F)CCC([N+]2(C(C)(C)C)CCC(N3Cc4cc(F)cc(C(N)=O)c4C3=O)CC2)CC1. The van der Waals surface area contributed by atoms with E-state index in [1.54, 1.807) is 11.8 Å². The Balaban J connectivity index is 1.53. The van der Waals surface area contributed by atoms with Gasteiger partial charge in [0.15, 0.2) is 0 Å². The van der Waals surface area contributed by atoms with Crippen LogP contribution in [0.15, 0.2) is 12.1 Å². The van der Waals surface area contributed by atoms with Crippen LogP contribution in [0.5, 0.6) is 0 Å². The molecule has 0 aromatic heterocycles. The Bertz CT molecular complexity index is 920. The van der Waals surface area contributed by atoms with Crippen LogP contribution in [0.2, 0.25) is 0 Å². The first-order valence-corrected chi connectivity index (χ1v) is 11.8. The van der Waals surface area contributed by atoms with E-state index in [1.165, 1.54) is 6.07 Å². The van der Waals surface area contributed by atoms with Crippen LogP contribution < -0.4 is 5.73 Å². The van der Waals surface area contributed by atoms with Gasteiger partial charge in [-0.1, -0.05) is 0 Å². The quantitative estimate of drug-likeness (QED) is 0.700. The predicted molar refractivity (Wildman–Crippen MR) is 119 cm³/mol. The molecule has 2 heterocycles. The molecule has 0 unspecified atom stereocenters. The number of likely N-dealkylation sites (tertiary alicyclic amines) is 1. The maximum atomic E-state index is 14.5. The van der Waals surface area contributed by atoms with Gasteiger partial charge in [0.25, 0.3) is 5.91 Å². The van der Waals surface area contributed by atoms with Gasteiger partial charge in [-0.2, -0.15) is 0 Å². The van der Waals surface area contributed by atoms with Crippen molar-refractivity contribution >= 4 is 11.8 Å². The van der Waals surface area contributed by atoms with Gasteiger partial charge in [0, 0.05) is 38.3 Å². The Morgan fingerprint density at radius 1 is 1.16 bits per heavy atom. The molecule has 2 aliphatic heterocycles. The maximum Gasteiger partial charge on any atom is 0.255 e. The van der Waals surface area contributed by atoms with Crippen molar-refractivity contribution in [1.29, 1.82) is 0 Å². The monoisotopic (exact) mass is 448 g/mol. The van der Waals surface area contributed by atoms with Crippen LogP contribution in [0.25, 0.3) is 0 Å². The van der Waals surface area contributed by atoms with Crippen LogP contribution in [0, 0.1) is 5.82 Å². The number of benzene rings is 1. The average molecular weight is 449 g/mol. The number of piperidine rings is 1. The van der Waals surface area contributed by atoms with Gasteiger partial charge in [-0.3, -0.25) is 9.59 Å². The Morgan fingerprint density at radius 3 is 2.28 bits per heavy atom. The number of carbonyl (C=O) groups is 2. The first kappa shape index (κ1) is 23.1. The van der Waals surface area contributed by atoms with E-state index in [0.717, 1.165) is 49.3 Å². The van der Waals surface area contributed by atoms with Gasteiger partial charge >= 0.3 is 0 Å². The third-order valence-electron chi connectivity index (χ3n) is 8.46. The second-order valence-corrected chi connectivity index (χ2v) is 11.3. The van der Waals surface area contributed by atoms with E-state index in [1.807, 2.05) is 0 Å². The second kappa shape index (κ2) is 7.79. The fourth-order valence-corrected chi connectivity index (χ4v) is 6.54. The summed E-state index contributed by atoms with van der Waals surface area (Å²) in [6.45, 7) is 10.7. The molecule has 0 radical (unpaired) electrons. The van der Waals surface area contributed by atoms with Crippen LogP contribution >= 0.6 is 0 Å². The lowest BCUT2D eigenvalue weighted by molar-refractivity contribution is -0.997. The standard InChI is InChI=1S/C25H35F2N3O2/c1-24(2,3)30(19-5-9-25(4,27)10-6-19)11-7-18(8-12-30)29-15-16-13-17(26)14-20(22(28)31)21(16)23(29)32/h13-14,18-19H,5-12,15H2,1-4H3,(H-,28,31)/p+1. The van der Waals surface area contributed by atoms with Gasteiger partial charge in [0.2, 0.25) is 5.91 Å². The number of amides is 2. The highest BCUT2D eigenvalue weighted by molar-refractivity contribution is 6.09. The van der Waals surface area contributed by atoms with E-state index in [2.05, 4.69) is 20.8 Å². The lowest BCUT2D eigenvalue weighted by atomic mass is 9.79. The smallest absolute Gasteiger partial charge is 0.255 e. The number of primary amides is 1. The lowest BCUT2D eigenvalue weighted by Crippen LogP contribution is -2.70. The minimum absolute atomic E-state index is 0.0277. The first-order chi connectivity index (χ1) is 14.8. The molecule has 32 heavy (non-hydrogen) atoms. The molecule has 0 atom stereocenters. The molecule has 0 bridgehead atoms. The number of hydrogen-bond acceptors (Lipinski definition) is 2. The Hall–Kier alpha value is -2.02. The minimum Gasteiger partial charge on any atom is -0.366 e. The van der Waals surface area contributed by atoms with Gasteiger partial charge in [0.05, 0.1) is 35.8 Å². The van der Waals surface area contributed by atoms with Gasteiger partial charge in [-0.05, 0) is 58.2 Å². The number of quaternary nitrogens is 1. The van der Waals surface area contributed by atoms with Gasteiger partial charge < -0.3 is 15.1 Å². The van der Waals surface area contributed by atoms with Crippen molar-refractivity contribution in [2.45, 2.75) is 96.1 Å². The Morgan fingerprint density at radius 2 is 1.75 bits per heavy atom. The van der Waals surface area contributed by atoms with Crippen LogP contribution in [-0.2, 0) is 6.54 Å². The van der Waals surface area contributed by atoms with Crippen molar-refractivity contribution in [1.82, 2.24) is 4.90 Å². The zero-order valence-corrected chi connectivity index (χ0v) is 19.7. The Labute approximate surface area is 189 Å². The van der Waals surface area contributed by atoms with E-state index in [9.17, 15) is 18.4 Å². The number of alkyl halides is 1. The summed E-state index contributed by atoms with van der Waals surface area (Å²) in [7, 11) is 0. The molecule has 2 amide bonds. The minimum atomic E-state index is -1.06. The van der Waals surface area contributed by atoms with Crippen molar-refractivity contribution in [3.63, 3.8) is 0 Å². The zero-order chi connectivity index (χ0) is 23.5. The van der Waals surface area contributed by atoms with Gasteiger partial charge in [-0.15, -0.1) is 0 Å². The second-order valence-electron chi connectivity index (χ2n) is 11.3. The summed E-state index contributed by atoms with van der Waals surface area (Å²) in [6, 6.07) is 2.88. The van der Waals surface area contributed by atoms with E-state index in [4.69, 9.17) is 5.73 Å². The largest absolute Gasteiger partial charge is 0.366 e. The van der Waals surface area contributed by atoms with Crippen molar-refractivity contribution < 1.29 is 22.9 Å². The third-order valence-corrected chi connectivity index (χ3v) is 8.46. The number of hydrogen-bond donors (Lipinski definition) is 1. The van der Waals surface area contributed by atoms with E-state index < -0.39 is 17.4 Å². The normalized spacial score (nSPS) is 33.3. The molecule has 5 nitrogen and oxygen atoms in total. The molecular formula is C25H36F2N3O2+. The highest BCUT2D eigenvalue weighted by Crippen LogP contribution is 2.44. The molecule has 2 fully saturated rings. The molecule has 0 spiro atoms. The van der Waals surface area contributed by atoms with E-state index in [0.29, 0.717) is 31.0 Å². The molecule has 1 aromatic carbocycles. The zero-order valence-electron chi connectivity index (χ0n) is 19.7. The third kappa shape index (κ3) is 3.82. The maximum absolute atomic E-state index is 14.5. The summed E-state index contributed by atoms with van der Waals surface area (Å²) in [5, 5.41) is 0. The number of fused-ring (bicyclic) bond motifs is 1. The summed E-state index contributed by atoms with van der Waals surface area (Å²) < 4.78 is 29.4. The molecule has 7 heteroatoms. The molecule has 4 rings (SSSR count). The predicted octanol–water partition coefficient (Wildman–Crippen LogP) is 4.33. The summed E-state index contributed by atoms with van der Waals surface area (Å²) >= 11 is 0. The number of rotatable bonds is 3. The fraction of sp³-hybridized carbons (Fsp3) is 0.680. The van der Waals surface area contributed by atoms with Gasteiger partial charge in [0.1, 0.15) is 11.5 Å². The van der Waals surface area contributed by atoms with Crippen LogP contribution in [0.1, 0.15) is 92.5 Å². The molecule has 1 aliphatic carbocycles. The number of nitrogens with zero attached hydrogens (tertiary/aromatic N) is 2. The molecule has 1 saturated heterocycles. The first-order valence-electron chi connectivity index (χ1n) is 11.8. The topological polar surface area (TPSA) is 63.4 Å². The summed E-state index contributed by atoms with van der Waals surface area (Å²) in [5.74, 6) is -1.54. The summed E-state index contributed by atoms with van der Waals surface area (Å²) in [6.07, 6.45) is 4.69. The molecule has 1 saturated carbocycles. The molecule has 3 aliphatic rings. The highest BCUT2D eigenvalue weighted by Gasteiger charge is 2.52. The summed E-state index contributed by atoms with van der Waals surface area (Å²) in [4.78, 5) is 26.8. The number of carbonyl (C=O) groups excluding carboxylic acids is 2. The van der Waals surface area contributed by atoms with Crippen LogP contribution in [0.4, 0.5) is 8.78 Å². The number of halogens is 2. The van der Waals surface area contributed by atoms with Crippen molar-refractivity contribution in [3.05, 3.63) is 34.6 Å². The Kier molecular flexibility index (Phi) is 5.63. The fourth-order valence-electron chi connectivity index (χ4n) is 6.54. The number of nitrogens with two attached hydrogens (primary N) is 1. The van der Waals surface area contributed by atoms with Crippen molar-refractivity contribution in [2.75, 3.05) is 13.1 Å². The highest BCUT2D eigenvalue weighted by atomic mass is 19.1. The lowest BCUT2D eigenvalue weighted by Gasteiger charge is -2.58. The molecule has 1 aromatic rings. The molecule has 176 valence electrons.